The molecule has 27 heavy (non-hydrogen) atoms. The van der Waals surface area contributed by atoms with Crippen LogP contribution in [0.15, 0.2) is 42.5 Å². The molecule has 0 aliphatic carbocycles. The predicted molar refractivity (Wildman–Crippen MR) is 109 cm³/mol. The van der Waals surface area contributed by atoms with Gasteiger partial charge in [-0.2, -0.15) is 0 Å². The molecule has 1 saturated heterocycles. The lowest BCUT2D eigenvalue weighted by atomic mass is 10.1. The van der Waals surface area contributed by atoms with Gasteiger partial charge in [0.1, 0.15) is 24.2 Å². The number of ether oxygens (including phenoxy) is 2. The van der Waals surface area contributed by atoms with Crippen molar-refractivity contribution in [2.24, 2.45) is 0 Å². The van der Waals surface area contributed by atoms with Gasteiger partial charge in [-0.15, -0.1) is 0 Å². The number of β-amino-alcohol motifs (C(OH)–C–C–N with tert-alkyl or cyclic N) is 1. The Morgan fingerprint density at radius 1 is 0.963 bits per heavy atom. The Morgan fingerprint density at radius 2 is 1.63 bits per heavy atom. The standard InChI is InChI=1S/C22H30N2O3/c1-17-7-6-8-18(2)22(17)27-16-19(25)15-23-11-13-24(14-12-23)20-9-4-5-10-21(20)26-3/h4-10,19,25H,11-16H2,1-3H3. The highest BCUT2D eigenvalue weighted by Crippen LogP contribution is 2.28. The van der Waals surface area contributed by atoms with Crippen molar-refractivity contribution >= 4 is 5.69 Å². The van der Waals surface area contributed by atoms with Crippen LogP contribution in [0.2, 0.25) is 0 Å². The normalized spacial score (nSPS) is 16.2. The summed E-state index contributed by atoms with van der Waals surface area (Å²) in [5, 5.41) is 10.4. The molecule has 1 unspecified atom stereocenters. The Hall–Kier alpha value is -2.24. The quantitative estimate of drug-likeness (QED) is 0.812. The van der Waals surface area contributed by atoms with Crippen LogP contribution in [-0.2, 0) is 0 Å². The highest BCUT2D eigenvalue weighted by Gasteiger charge is 2.21. The van der Waals surface area contributed by atoms with E-state index in [1.165, 1.54) is 0 Å². The van der Waals surface area contributed by atoms with E-state index in [0.717, 1.165) is 54.5 Å². The van der Waals surface area contributed by atoms with Crippen molar-refractivity contribution in [1.29, 1.82) is 0 Å². The molecule has 0 aromatic heterocycles. The lowest BCUT2D eigenvalue weighted by Gasteiger charge is -2.37. The van der Waals surface area contributed by atoms with Crippen molar-refractivity contribution in [2.75, 3.05) is 51.3 Å². The van der Waals surface area contributed by atoms with Crippen LogP contribution in [0.4, 0.5) is 5.69 Å². The number of aryl methyl sites for hydroxylation is 2. The second kappa shape index (κ2) is 9.11. The van der Waals surface area contributed by atoms with E-state index in [1.807, 2.05) is 50.2 Å². The molecule has 5 nitrogen and oxygen atoms in total. The number of benzene rings is 2. The fourth-order valence-electron chi connectivity index (χ4n) is 3.62. The lowest BCUT2D eigenvalue weighted by Crippen LogP contribution is -2.49. The van der Waals surface area contributed by atoms with Gasteiger partial charge < -0.3 is 19.5 Å². The molecule has 1 fully saturated rings. The van der Waals surface area contributed by atoms with Crippen LogP contribution in [0.5, 0.6) is 11.5 Å². The molecule has 3 rings (SSSR count). The molecule has 1 N–H and O–H groups in total. The van der Waals surface area contributed by atoms with Gasteiger partial charge >= 0.3 is 0 Å². The predicted octanol–water partition coefficient (Wildman–Crippen LogP) is 2.87. The first kappa shape index (κ1) is 19.5. The maximum Gasteiger partial charge on any atom is 0.142 e. The van der Waals surface area contributed by atoms with E-state index in [-0.39, 0.29) is 0 Å². The minimum atomic E-state index is -0.498. The minimum absolute atomic E-state index is 0.318. The maximum atomic E-state index is 10.4. The second-order valence-corrected chi connectivity index (χ2v) is 7.15. The van der Waals surface area contributed by atoms with Crippen molar-refractivity contribution in [1.82, 2.24) is 4.90 Å². The van der Waals surface area contributed by atoms with Crippen molar-refractivity contribution in [3.8, 4) is 11.5 Å². The Labute approximate surface area is 162 Å². The van der Waals surface area contributed by atoms with Gasteiger partial charge in [0.25, 0.3) is 0 Å². The Balaban J connectivity index is 1.47. The fourth-order valence-corrected chi connectivity index (χ4v) is 3.62. The van der Waals surface area contributed by atoms with E-state index in [0.29, 0.717) is 13.2 Å². The molecule has 1 aliphatic rings. The first-order valence-electron chi connectivity index (χ1n) is 9.56. The number of hydrogen-bond donors (Lipinski definition) is 1. The van der Waals surface area contributed by atoms with Crippen LogP contribution < -0.4 is 14.4 Å². The molecule has 0 amide bonds. The van der Waals surface area contributed by atoms with E-state index >= 15 is 0 Å². The monoisotopic (exact) mass is 370 g/mol. The van der Waals surface area contributed by atoms with E-state index in [4.69, 9.17) is 9.47 Å². The summed E-state index contributed by atoms with van der Waals surface area (Å²) in [6, 6.07) is 14.2. The summed E-state index contributed by atoms with van der Waals surface area (Å²) in [6.07, 6.45) is -0.498. The number of anilines is 1. The van der Waals surface area contributed by atoms with Gasteiger partial charge in [0, 0.05) is 32.7 Å². The molecular formula is C22H30N2O3. The largest absolute Gasteiger partial charge is 0.495 e. The molecule has 1 atom stereocenters. The summed E-state index contributed by atoms with van der Waals surface area (Å²) in [6.45, 7) is 8.69. The Morgan fingerprint density at radius 3 is 2.30 bits per heavy atom. The number of para-hydroxylation sites is 3. The average molecular weight is 370 g/mol. The molecule has 5 heteroatoms. The van der Waals surface area contributed by atoms with Crippen molar-refractivity contribution in [3.05, 3.63) is 53.6 Å². The average Bonchev–Trinajstić information content (AvgIpc) is 2.68. The highest BCUT2D eigenvalue weighted by atomic mass is 16.5. The molecule has 0 radical (unpaired) electrons. The van der Waals surface area contributed by atoms with Crippen LogP contribution >= 0.6 is 0 Å². The zero-order chi connectivity index (χ0) is 19.2. The number of nitrogens with zero attached hydrogens (tertiary/aromatic N) is 2. The fraction of sp³-hybridized carbons (Fsp3) is 0.455. The molecule has 146 valence electrons. The summed E-state index contributed by atoms with van der Waals surface area (Å²) in [4.78, 5) is 4.64. The van der Waals surface area contributed by atoms with Gasteiger partial charge in [-0.3, -0.25) is 4.90 Å². The summed E-state index contributed by atoms with van der Waals surface area (Å²) in [5.74, 6) is 1.80. The summed E-state index contributed by atoms with van der Waals surface area (Å²) >= 11 is 0. The van der Waals surface area contributed by atoms with Crippen LogP contribution in [0.1, 0.15) is 11.1 Å². The van der Waals surface area contributed by atoms with Gasteiger partial charge in [-0.05, 0) is 37.1 Å². The van der Waals surface area contributed by atoms with Gasteiger partial charge in [0.2, 0.25) is 0 Å². The SMILES string of the molecule is COc1ccccc1N1CCN(CC(O)COc2c(C)cccc2C)CC1. The Kier molecular flexibility index (Phi) is 6.58. The highest BCUT2D eigenvalue weighted by molar-refractivity contribution is 5.58. The van der Waals surface area contributed by atoms with E-state index < -0.39 is 6.10 Å². The molecular weight excluding hydrogens is 340 g/mol. The molecule has 2 aromatic rings. The molecule has 0 saturated carbocycles. The molecule has 1 heterocycles. The summed E-state index contributed by atoms with van der Waals surface area (Å²) in [7, 11) is 1.71. The van der Waals surface area contributed by atoms with Crippen LogP contribution in [0, 0.1) is 13.8 Å². The number of hydrogen-bond acceptors (Lipinski definition) is 5. The third kappa shape index (κ3) is 4.93. The number of aliphatic hydroxyl groups excluding tert-OH is 1. The molecule has 0 spiro atoms. The Bertz CT molecular complexity index is 722. The van der Waals surface area contributed by atoms with Gasteiger partial charge in [-0.25, -0.2) is 0 Å². The number of rotatable bonds is 7. The van der Waals surface area contributed by atoms with Crippen LogP contribution in [0.3, 0.4) is 0 Å². The molecule has 0 bridgehead atoms. The maximum absolute atomic E-state index is 10.4. The van der Waals surface area contributed by atoms with Crippen molar-refractivity contribution < 1.29 is 14.6 Å². The van der Waals surface area contributed by atoms with E-state index in [9.17, 15) is 5.11 Å². The van der Waals surface area contributed by atoms with Crippen molar-refractivity contribution in [3.63, 3.8) is 0 Å². The van der Waals surface area contributed by atoms with Crippen LogP contribution in [0.25, 0.3) is 0 Å². The molecule has 2 aromatic carbocycles. The minimum Gasteiger partial charge on any atom is -0.495 e. The third-order valence-corrected chi connectivity index (χ3v) is 5.10. The zero-order valence-corrected chi connectivity index (χ0v) is 16.5. The summed E-state index contributed by atoms with van der Waals surface area (Å²) in [5.41, 5.74) is 3.35. The first-order chi connectivity index (χ1) is 13.1. The third-order valence-electron chi connectivity index (χ3n) is 5.10. The van der Waals surface area contributed by atoms with Gasteiger partial charge in [0.15, 0.2) is 0 Å². The zero-order valence-electron chi connectivity index (χ0n) is 16.5. The smallest absolute Gasteiger partial charge is 0.142 e. The summed E-state index contributed by atoms with van der Waals surface area (Å²) < 4.78 is 11.4. The first-order valence-corrected chi connectivity index (χ1v) is 9.56. The van der Waals surface area contributed by atoms with Gasteiger partial charge in [0.05, 0.1) is 12.8 Å². The van der Waals surface area contributed by atoms with Crippen molar-refractivity contribution in [2.45, 2.75) is 20.0 Å². The lowest BCUT2D eigenvalue weighted by molar-refractivity contribution is 0.0658. The van der Waals surface area contributed by atoms with Gasteiger partial charge in [-0.1, -0.05) is 30.3 Å². The van der Waals surface area contributed by atoms with E-state index in [2.05, 4.69) is 15.9 Å². The molecule has 1 aliphatic heterocycles. The number of methoxy groups -OCH3 is 1. The van der Waals surface area contributed by atoms with Crippen LogP contribution in [-0.4, -0.2) is 62.6 Å². The number of aliphatic hydroxyl groups is 1. The topological polar surface area (TPSA) is 45.2 Å². The number of piperazine rings is 1. The second-order valence-electron chi connectivity index (χ2n) is 7.15. The van der Waals surface area contributed by atoms with E-state index in [1.54, 1.807) is 7.11 Å².